The highest BCUT2D eigenvalue weighted by atomic mass is 32.1. The number of amides is 1. The van der Waals surface area contributed by atoms with Crippen LogP contribution in [0, 0.1) is 6.92 Å². The highest BCUT2D eigenvalue weighted by molar-refractivity contribution is 7.09. The van der Waals surface area contributed by atoms with E-state index in [4.69, 9.17) is 0 Å². The molecular formula is C11H16N2OS. The van der Waals surface area contributed by atoms with Crippen LogP contribution in [0.5, 0.6) is 0 Å². The number of aryl methyl sites for hydroxylation is 1. The molecule has 1 N–H and O–H groups in total. The summed E-state index contributed by atoms with van der Waals surface area (Å²) in [6, 6.07) is 0. The van der Waals surface area contributed by atoms with Crippen LogP contribution in [0.25, 0.3) is 0 Å². The zero-order chi connectivity index (χ0) is 11.1. The Kier molecular flexibility index (Phi) is 5.04. The first-order valence-electron chi connectivity index (χ1n) is 5.01. The van der Waals surface area contributed by atoms with Gasteiger partial charge in [0.2, 0.25) is 5.91 Å². The highest BCUT2D eigenvalue weighted by Gasteiger charge is 2.04. The quantitative estimate of drug-likeness (QED) is 0.614. The van der Waals surface area contributed by atoms with Crippen molar-refractivity contribution < 1.29 is 4.79 Å². The molecular weight excluding hydrogens is 208 g/mol. The molecule has 3 nitrogen and oxygen atoms in total. The summed E-state index contributed by atoms with van der Waals surface area (Å²) in [4.78, 5) is 15.7. The molecule has 1 aromatic rings. The lowest BCUT2D eigenvalue weighted by Crippen LogP contribution is -2.25. The lowest BCUT2D eigenvalue weighted by Gasteiger charge is -2.00. The predicted molar refractivity (Wildman–Crippen MR) is 63.0 cm³/mol. The fraction of sp³-hybridized carbons (Fsp3) is 0.455. The highest BCUT2D eigenvalue weighted by Crippen LogP contribution is 2.07. The zero-order valence-corrected chi connectivity index (χ0v) is 9.93. The number of aromatic nitrogens is 1. The van der Waals surface area contributed by atoms with Crippen molar-refractivity contribution in [1.29, 1.82) is 0 Å². The van der Waals surface area contributed by atoms with E-state index in [9.17, 15) is 4.79 Å². The number of hydrogen-bond acceptors (Lipinski definition) is 3. The molecule has 0 radical (unpaired) electrons. The number of hydrogen-bond donors (Lipinski definition) is 1. The number of nitrogens with one attached hydrogen (secondary N) is 1. The predicted octanol–water partition coefficient (Wildman–Crippen LogP) is 2.08. The number of allylic oxidation sites excluding steroid dienone is 1. The number of carbonyl (C=O) groups is 1. The fourth-order valence-corrected chi connectivity index (χ4v) is 1.79. The van der Waals surface area contributed by atoms with E-state index in [1.165, 1.54) is 0 Å². The molecule has 0 unspecified atom stereocenters. The van der Waals surface area contributed by atoms with Gasteiger partial charge in [0.25, 0.3) is 0 Å². The summed E-state index contributed by atoms with van der Waals surface area (Å²) in [6.07, 6.45) is 5.29. The Balaban J connectivity index is 2.24. The lowest BCUT2D eigenvalue weighted by atomic mass is 10.3. The van der Waals surface area contributed by atoms with Gasteiger partial charge in [-0.1, -0.05) is 12.2 Å². The van der Waals surface area contributed by atoms with Crippen molar-refractivity contribution in [2.45, 2.75) is 26.7 Å². The summed E-state index contributed by atoms with van der Waals surface area (Å²) in [5.74, 6) is 0.0461. The minimum absolute atomic E-state index is 0.0461. The second-order valence-corrected chi connectivity index (χ2v) is 4.30. The lowest BCUT2D eigenvalue weighted by molar-refractivity contribution is -0.120. The molecule has 1 aromatic heterocycles. The first kappa shape index (κ1) is 11.9. The Hall–Kier alpha value is -1.16. The van der Waals surface area contributed by atoms with E-state index in [2.05, 4.69) is 10.3 Å². The van der Waals surface area contributed by atoms with E-state index >= 15 is 0 Å². The summed E-state index contributed by atoms with van der Waals surface area (Å²) in [7, 11) is 0. The third kappa shape index (κ3) is 4.74. The van der Waals surface area contributed by atoms with E-state index < -0.39 is 0 Å². The van der Waals surface area contributed by atoms with E-state index in [0.717, 1.165) is 17.1 Å². The van der Waals surface area contributed by atoms with Crippen LogP contribution < -0.4 is 5.32 Å². The second-order valence-electron chi connectivity index (χ2n) is 3.24. The van der Waals surface area contributed by atoms with Crippen LogP contribution in [0.2, 0.25) is 0 Å². The molecule has 0 atom stereocenters. The SMILES string of the molecule is C/C=C/CCNC(=O)Cc1csc(C)n1. The first-order chi connectivity index (χ1) is 7.22. The van der Waals surface area contributed by atoms with Gasteiger partial charge in [-0.25, -0.2) is 4.98 Å². The van der Waals surface area contributed by atoms with Gasteiger partial charge in [0.05, 0.1) is 17.1 Å². The van der Waals surface area contributed by atoms with Crippen LogP contribution in [0.3, 0.4) is 0 Å². The van der Waals surface area contributed by atoms with Crippen molar-refractivity contribution in [3.8, 4) is 0 Å². The molecule has 0 bridgehead atoms. The molecule has 0 aliphatic carbocycles. The van der Waals surface area contributed by atoms with E-state index in [1.807, 2.05) is 31.4 Å². The number of rotatable bonds is 5. The molecule has 1 rings (SSSR count). The molecule has 4 heteroatoms. The van der Waals surface area contributed by atoms with Crippen molar-refractivity contribution in [2.24, 2.45) is 0 Å². The van der Waals surface area contributed by atoms with Crippen LogP contribution in [0.15, 0.2) is 17.5 Å². The third-order valence-corrected chi connectivity index (χ3v) is 2.70. The standard InChI is InChI=1S/C11H16N2OS/c1-3-4-5-6-12-11(14)7-10-8-15-9(2)13-10/h3-4,8H,5-7H2,1-2H3,(H,12,14)/b4-3+. The van der Waals surface area contributed by atoms with Gasteiger partial charge < -0.3 is 5.32 Å². The summed E-state index contributed by atoms with van der Waals surface area (Å²) in [6.45, 7) is 4.62. The molecule has 0 fully saturated rings. The second kappa shape index (κ2) is 6.35. The van der Waals surface area contributed by atoms with Crippen LogP contribution in [-0.4, -0.2) is 17.4 Å². The maximum absolute atomic E-state index is 11.4. The molecule has 0 spiro atoms. The third-order valence-electron chi connectivity index (χ3n) is 1.88. The average molecular weight is 224 g/mol. The molecule has 1 heterocycles. The molecule has 1 amide bonds. The largest absolute Gasteiger partial charge is 0.355 e. The average Bonchev–Trinajstić information content (AvgIpc) is 2.59. The summed E-state index contributed by atoms with van der Waals surface area (Å²) >= 11 is 1.58. The Labute approximate surface area is 94.2 Å². The van der Waals surface area contributed by atoms with Crippen molar-refractivity contribution in [1.82, 2.24) is 10.3 Å². The summed E-state index contributed by atoms with van der Waals surface area (Å²) in [5.41, 5.74) is 0.862. The van der Waals surface area contributed by atoms with Gasteiger partial charge >= 0.3 is 0 Å². The summed E-state index contributed by atoms with van der Waals surface area (Å²) < 4.78 is 0. The molecule has 0 aromatic carbocycles. The Morgan fingerprint density at radius 3 is 3.07 bits per heavy atom. The molecule has 0 saturated heterocycles. The van der Waals surface area contributed by atoms with Gasteiger partial charge in [-0.05, 0) is 20.3 Å². The zero-order valence-electron chi connectivity index (χ0n) is 9.12. The maximum atomic E-state index is 11.4. The fourth-order valence-electron chi connectivity index (χ4n) is 1.18. The molecule has 82 valence electrons. The number of thiazole rings is 1. The molecule has 15 heavy (non-hydrogen) atoms. The van der Waals surface area contributed by atoms with E-state index in [0.29, 0.717) is 13.0 Å². The number of nitrogens with zero attached hydrogens (tertiary/aromatic N) is 1. The van der Waals surface area contributed by atoms with Gasteiger partial charge in [-0.15, -0.1) is 11.3 Å². The molecule has 0 aliphatic heterocycles. The summed E-state index contributed by atoms with van der Waals surface area (Å²) in [5, 5.41) is 5.79. The first-order valence-corrected chi connectivity index (χ1v) is 5.89. The van der Waals surface area contributed by atoms with Crippen molar-refractivity contribution in [3.05, 3.63) is 28.2 Å². The maximum Gasteiger partial charge on any atom is 0.226 e. The Morgan fingerprint density at radius 1 is 1.67 bits per heavy atom. The van der Waals surface area contributed by atoms with Gasteiger partial charge in [0, 0.05) is 11.9 Å². The topological polar surface area (TPSA) is 42.0 Å². The smallest absolute Gasteiger partial charge is 0.226 e. The van der Waals surface area contributed by atoms with E-state index in [-0.39, 0.29) is 5.91 Å². The van der Waals surface area contributed by atoms with Gasteiger partial charge in [0.1, 0.15) is 0 Å². The normalized spacial score (nSPS) is 10.8. The van der Waals surface area contributed by atoms with E-state index in [1.54, 1.807) is 11.3 Å². The van der Waals surface area contributed by atoms with Crippen LogP contribution >= 0.6 is 11.3 Å². The Bertz CT molecular complexity index is 344. The number of carbonyl (C=O) groups excluding carboxylic acids is 1. The van der Waals surface area contributed by atoms with Gasteiger partial charge in [-0.2, -0.15) is 0 Å². The van der Waals surface area contributed by atoms with Gasteiger partial charge in [0.15, 0.2) is 0 Å². The van der Waals surface area contributed by atoms with Crippen molar-refractivity contribution >= 4 is 17.2 Å². The van der Waals surface area contributed by atoms with Crippen LogP contribution in [0.1, 0.15) is 24.0 Å². The Morgan fingerprint density at radius 2 is 2.47 bits per heavy atom. The minimum Gasteiger partial charge on any atom is -0.355 e. The molecule has 0 aliphatic rings. The van der Waals surface area contributed by atoms with Crippen LogP contribution in [0.4, 0.5) is 0 Å². The monoisotopic (exact) mass is 224 g/mol. The minimum atomic E-state index is 0.0461. The van der Waals surface area contributed by atoms with Crippen molar-refractivity contribution in [2.75, 3.05) is 6.54 Å². The van der Waals surface area contributed by atoms with Crippen molar-refractivity contribution in [3.63, 3.8) is 0 Å². The van der Waals surface area contributed by atoms with Gasteiger partial charge in [-0.3, -0.25) is 4.79 Å². The molecule has 0 saturated carbocycles. The van der Waals surface area contributed by atoms with Crippen LogP contribution in [-0.2, 0) is 11.2 Å².